The summed E-state index contributed by atoms with van der Waals surface area (Å²) in [5, 5.41) is 0. The van der Waals surface area contributed by atoms with Crippen LogP contribution in [0.1, 0.15) is 16.7 Å². The van der Waals surface area contributed by atoms with E-state index in [1.807, 2.05) is 29.2 Å². The van der Waals surface area contributed by atoms with Crippen molar-refractivity contribution in [3.05, 3.63) is 65.2 Å². The quantitative estimate of drug-likeness (QED) is 0.848. The van der Waals surface area contributed by atoms with E-state index in [0.29, 0.717) is 0 Å². The number of hydrogen-bond donors (Lipinski definition) is 1. The summed E-state index contributed by atoms with van der Waals surface area (Å²) in [5.74, 6) is 0. The average molecular weight is 268 g/mol. The van der Waals surface area contributed by atoms with E-state index >= 15 is 0 Å². The van der Waals surface area contributed by atoms with Gasteiger partial charge in [0.1, 0.15) is 0 Å². The van der Waals surface area contributed by atoms with Crippen LogP contribution < -0.4 is 5.73 Å². The van der Waals surface area contributed by atoms with E-state index in [4.69, 9.17) is 5.73 Å². The molecule has 89 valence electrons. The van der Waals surface area contributed by atoms with Gasteiger partial charge < -0.3 is 0 Å². The first-order valence-electron chi connectivity index (χ1n) is 5.63. The molecule has 2 aromatic rings. The molecule has 17 heavy (non-hydrogen) atoms. The Labute approximate surface area is 110 Å². The van der Waals surface area contributed by atoms with Crippen molar-refractivity contribution in [2.24, 2.45) is 0 Å². The van der Waals surface area contributed by atoms with Crippen LogP contribution in [0.4, 0.5) is 5.69 Å². The number of rotatable bonds is 4. The maximum absolute atomic E-state index is 5.93. The molecule has 0 unspecified atom stereocenters. The maximum atomic E-state index is 5.93. The Morgan fingerprint density at radius 1 is 0.882 bits per heavy atom. The predicted molar refractivity (Wildman–Crippen MR) is 69.9 cm³/mol. The van der Waals surface area contributed by atoms with E-state index < -0.39 is 0 Å². The van der Waals surface area contributed by atoms with Crippen LogP contribution in [0, 0.1) is 0 Å². The van der Waals surface area contributed by atoms with Crippen LogP contribution in [0.3, 0.4) is 0 Å². The zero-order valence-electron chi connectivity index (χ0n) is 9.52. The van der Waals surface area contributed by atoms with Crippen LogP contribution in [-0.2, 0) is 28.1 Å². The van der Waals surface area contributed by atoms with Crippen molar-refractivity contribution in [3.8, 4) is 0 Å². The van der Waals surface area contributed by atoms with Gasteiger partial charge in [-0.05, 0) is 0 Å². The summed E-state index contributed by atoms with van der Waals surface area (Å²) in [6.07, 6.45) is 1.95. The van der Waals surface area contributed by atoms with Gasteiger partial charge in [-0.15, -0.1) is 0 Å². The molecular formula is C15H15CoN. The van der Waals surface area contributed by atoms with Gasteiger partial charge in [0.25, 0.3) is 0 Å². The molecule has 0 heterocycles. The first kappa shape index (κ1) is 12.1. The fourth-order valence-electron chi connectivity index (χ4n) is 1.89. The van der Waals surface area contributed by atoms with Crippen LogP contribution in [0.25, 0.3) is 0 Å². The molecule has 0 aliphatic carbocycles. The van der Waals surface area contributed by atoms with Crippen LogP contribution in [0.5, 0.6) is 0 Å². The molecule has 1 nitrogen and oxygen atoms in total. The van der Waals surface area contributed by atoms with Gasteiger partial charge >= 0.3 is 110 Å². The fraction of sp³-hybridized carbons (Fsp3) is 0.133. The van der Waals surface area contributed by atoms with Crippen LogP contribution in [0.15, 0.2) is 48.5 Å². The molecule has 2 heteroatoms. The van der Waals surface area contributed by atoms with Crippen LogP contribution in [0.2, 0.25) is 0 Å². The third-order valence-corrected chi connectivity index (χ3v) is 3.20. The molecule has 0 saturated heterocycles. The third-order valence-electron chi connectivity index (χ3n) is 2.88. The number of anilines is 1. The number of nitrogens with two attached hydrogens (primary N) is 1. The second-order valence-electron chi connectivity index (χ2n) is 3.99. The van der Waals surface area contributed by atoms with E-state index in [0.717, 1.165) is 18.5 Å². The third kappa shape index (κ3) is 3.05. The van der Waals surface area contributed by atoms with Gasteiger partial charge in [0.15, 0.2) is 0 Å². The molecule has 0 bridgehead atoms. The van der Waals surface area contributed by atoms with Crippen molar-refractivity contribution < 1.29 is 15.3 Å². The van der Waals surface area contributed by atoms with Crippen molar-refractivity contribution in [2.45, 2.75) is 12.8 Å². The Hall–Kier alpha value is -1.38. The minimum absolute atomic E-state index is 0.874. The van der Waals surface area contributed by atoms with E-state index in [1.54, 1.807) is 0 Å². The van der Waals surface area contributed by atoms with Crippen molar-refractivity contribution in [2.75, 3.05) is 5.73 Å². The molecule has 2 aromatic carbocycles. The van der Waals surface area contributed by atoms with Gasteiger partial charge in [0.05, 0.1) is 0 Å². The number of para-hydroxylation sites is 1. The molecule has 0 fully saturated rings. The minimum atomic E-state index is 0.874. The Balaban J connectivity index is 2.13. The zero-order chi connectivity index (χ0) is 12.1. The molecule has 0 aromatic heterocycles. The molecule has 0 aliphatic rings. The molecule has 2 N–H and O–H groups in total. The van der Waals surface area contributed by atoms with Gasteiger partial charge in [-0.2, -0.15) is 0 Å². The summed E-state index contributed by atoms with van der Waals surface area (Å²) in [6, 6.07) is 16.3. The fourth-order valence-corrected chi connectivity index (χ4v) is 2.18. The van der Waals surface area contributed by atoms with Crippen molar-refractivity contribution in [1.29, 1.82) is 0 Å². The van der Waals surface area contributed by atoms with Crippen molar-refractivity contribution in [1.82, 2.24) is 0 Å². The van der Waals surface area contributed by atoms with Crippen LogP contribution in [-0.4, -0.2) is 4.96 Å². The Kier molecular flexibility index (Phi) is 4.12. The molecule has 2 rings (SSSR count). The van der Waals surface area contributed by atoms with Crippen LogP contribution >= 0.6 is 0 Å². The number of nitrogen functional groups attached to an aromatic ring is 1. The summed E-state index contributed by atoms with van der Waals surface area (Å²) in [7, 11) is 0. The van der Waals surface area contributed by atoms with E-state index in [-0.39, 0.29) is 0 Å². The number of aryl methyl sites for hydroxylation is 2. The number of benzene rings is 2. The summed E-state index contributed by atoms with van der Waals surface area (Å²) in [5.41, 5.74) is 10.5. The molecule has 0 saturated carbocycles. The molecule has 0 radical (unpaired) electrons. The molecule has 0 aliphatic heterocycles. The predicted octanol–water partition coefficient (Wildman–Crippen LogP) is 2.75. The van der Waals surface area contributed by atoms with E-state index in [2.05, 4.69) is 39.6 Å². The van der Waals surface area contributed by atoms with Gasteiger partial charge in [0, 0.05) is 0 Å². The first-order valence-corrected chi connectivity index (χ1v) is 6.23. The summed E-state index contributed by atoms with van der Waals surface area (Å²) < 4.78 is 0. The van der Waals surface area contributed by atoms with Gasteiger partial charge in [0.2, 0.25) is 0 Å². The normalized spacial score (nSPS) is 10.2. The zero-order valence-corrected chi connectivity index (χ0v) is 10.6. The standard InChI is InChI=1S/C15H15N.Co/c1-12-6-2-3-7-13(12)10-11-14-8-4-5-9-15(14)16;/h1-9H,10-11,16H2;. The van der Waals surface area contributed by atoms with E-state index in [9.17, 15) is 0 Å². The van der Waals surface area contributed by atoms with Gasteiger partial charge in [-0.3, -0.25) is 0 Å². The summed E-state index contributed by atoms with van der Waals surface area (Å²) in [4.78, 5) is 1.84. The Bertz CT molecular complexity index is 520. The second-order valence-corrected chi connectivity index (χ2v) is 4.29. The molecular weight excluding hydrogens is 253 g/mol. The summed E-state index contributed by atoms with van der Waals surface area (Å²) in [6.45, 7) is 0. The molecule has 0 amide bonds. The van der Waals surface area contributed by atoms with Crippen molar-refractivity contribution >= 4 is 10.6 Å². The monoisotopic (exact) mass is 268 g/mol. The van der Waals surface area contributed by atoms with Gasteiger partial charge in [-0.25, -0.2) is 0 Å². The van der Waals surface area contributed by atoms with Gasteiger partial charge in [-0.1, -0.05) is 0 Å². The Morgan fingerprint density at radius 3 is 2.18 bits per heavy atom. The topological polar surface area (TPSA) is 26.0 Å². The van der Waals surface area contributed by atoms with E-state index in [1.165, 1.54) is 16.7 Å². The SMILES string of the molecule is Nc1ccccc1CCc1ccccc1[CH]=[Co]. The first-order chi connectivity index (χ1) is 8.31. The summed E-state index contributed by atoms with van der Waals surface area (Å²) >= 11 is 4.28. The molecule has 0 spiro atoms. The number of hydrogen-bond acceptors (Lipinski definition) is 1. The Morgan fingerprint density at radius 2 is 1.47 bits per heavy atom. The average Bonchev–Trinajstić information content (AvgIpc) is 2.38. The second kappa shape index (κ2) is 5.80. The van der Waals surface area contributed by atoms with Crippen molar-refractivity contribution in [3.63, 3.8) is 0 Å². The molecule has 0 atom stereocenters.